The summed E-state index contributed by atoms with van der Waals surface area (Å²) < 4.78 is 16.4. The molecule has 1 aromatic heterocycles. The number of nitrogens with zero attached hydrogens (tertiary/aromatic N) is 1. The minimum Gasteiger partial charge on any atom is -0.497 e. The molecule has 1 amide bonds. The predicted octanol–water partition coefficient (Wildman–Crippen LogP) is 3.43. The highest BCUT2D eigenvalue weighted by Gasteiger charge is 2.11. The monoisotopic (exact) mass is 400 g/mol. The third kappa shape index (κ3) is 5.20. The van der Waals surface area contributed by atoms with E-state index in [0.29, 0.717) is 23.6 Å². The highest BCUT2D eigenvalue weighted by molar-refractivity contribution is 7.18. The van der Waals surface area contributed by atoms with Gasteiger partial charge in [0.25, 0.3) is 5.91 Å². The lowest BCUT2D eigenvalue weighted by molar-refractivity contribution is -0.147. The molecule has 0 aliphatic carbocycles. The Morgan fingerprint density at radius 2 is 1.79 bits per heavy atom. The van der Waals surface area contributed by atoms with Crippen LogP contribution in [0, 0.1) is 0 Å². The normalized spacial score (nSPS) is 10.5. The highest BCUT2D eigenvalue weighted by atomic mass is 32.1. The van der Waals surface area contributed by atoms with Gasteiger partial charge in [0, 0.05) is 30.3 Å². The Kier molecular flexibility index (Phi) is 6.44. The van der Waals surface area contributed by atoms with Crippen molar-refractivity contribution in [1.82, 2.24) is 4.98 Å². The van der Waals surface area contributed by atoms with Gasteiger partial charge >= 0.3 is 5.97 Å². The molecule has 8 heteroatoms. The molecule has 0 fully saturated rings. The fourth-order valence-electron chi connectivity index (χ4n) is 2.53. The fourth-order valence-corrected chi connectivity index (χ4v) is 3.50. The number of hydrogen-bond acceptors (Lipinski definition) is 7. The molecule has 0 aliphatic rings. The van der Waals surface area contributed by atoms with Crippen molar-refractivity contribution < 1.29 is 23.8 Å². The van der Waals surface area contributed by atoms with Crippen molar-refractivity contribution in [2.45, 2.75) is 12.8 Å². The second kappa shape index (κ2) is 9.18. The van der Waals surface area contributed by atoms with Gasteiger partial charge in [-0.25, -0.2) is 4.98 Å². The van der Waals surface area contributed by atoms with E-state index in [1.807, 2.05) is 24.3 Å². The van der Waals surface area contributed by atoms with E-state index in [1.54, 1.807) is 29.5 Å². The number of benzene rings is 2. The quantitative estimate of drug-likeness (QED) is 0.583. The summed E-state index contributed by atoms with van der Waals surface area (Å²) in [4.78, 5) is 28.4. The molecule has 0 radical (unpaired) electrons. The van der Waals surface area contributed by atoms with E-state index < -0.39 is 11.9 Å². The van der Waals surface area contributed by atoms with Crippen LogP contribution in [0.1, 0.15) is 11.4 Å². The summed E-state index contributed by atoms with van der Waals surface area (Å²) in [6.45, 7) is -0.363. The van der Waals surface area contributed by atoms with Crippen LogP contribution in [0.15, 0.2) is 42.5 Å². The standard InChI is InChI=1S/C20H20N2O5S/c1-25-14-9-13(10-15(11-14)26-2)21-18(23)12-27-20(24)8-7-19-22-16-5-3-4-6-17(16)28-19/h3-6,9-11H,7-8,12H2,1-2H3,(H,21,23). The average molecular weight is 400 g/mol. The van der Waals surface area contributed by atoms with Gasteiger partial charge < -0.3 is 19.5 Å². The molecular formula is C20H20N2O5S. The maximum atomic E-state index is 12.0. The molecule has 3 aromatic rings. The van der Waals surface area contributed by atoms with Crippen LogP contribution in [0.2, 0.25) is 0 Å². The lowest BCUT2D eigenvalue weighted by Gasteiger charge is -2.10. The molecule has 0 aliphatic heterocycles. The first-order valence-corrected chi connectivity index (χ1v) is 9.42. The van der Waals surface area contributed by atoms with Crippen molar-refractivity contribution in [2.24, 2.45) is 0 Å². The maximum absolute atomic E-state index is 12.0. The van der Waals surface area contributed by atoms with E-state index in [-0.39, 0.29) is 13.0 Å². The molecular weight excluding hydrogens is 380 g/mol. The molecule has 0 unspecified atom stereocenters. The van der Waals surface area contributed by atoms with E-state index in [9.17, 15) is 9.59 Å². The van der Waals surface area contributed by atoms with Crippen molar-refractivity contribution >= 4 is 39.1 Å². The molecule has 0 bridgehead atoms. The number of carbonyl (C=O) groups is 2. The van der Waals surface area contributed by atoms with E-state index in [1.165, 1.54) is 14.2 Å². The molecule has 1 heterocycles. The number of thiazole rings is 1. The van der Waals surface area contributed by atoms with Crippen molar-refractivity contribution in [2.75, 3.05) is 26.1 Å². The Labute approximate surface area is 166 Å². The Bertz CT molecular complexity index is 930. The first-order valence-electron chi connectivity index (χ1n) is 8.60. The molecule has 2 aromatic carbocycles. The van der Waals surface area contributed by atoms with Crippen molar-refractivity contribution in [3.8, 4) is 11.5 Å². The first-order chi connectivity index (χ1) is 13.6. The predicted molar refractivity (Wildman–Crippen MR) is 107 cm³/mol. The van der Waals surface area contributed by atoms with Gasteiger partial charge in [0.2, 0.25) is 0 Å². The second-order valence-electron chi connectivity index (χ2n) is 5.89. The number of aryl methyl sites for hydroxylation is 1. The van der Waals surface area contributed by atoms with Gasteiger partial charge in [0.15, 0.2) is 6.61 Å². The number of amides is 1. The molecule has 0 spiro atoms. The highest BCUT2D eigenvalue weighted by Crippen LogP contribution is 2.26. The minimum atomic E-state index is -0.447. The van der Waals surface area contributed by atoms with Crippen LogP contribution in [0.3, 0.4) is 0 Å². The molecule has 0 atom stereocenters. The Balaban J connectivity index is 1.47. The van der Waals surface area contributed by atoms with Gasteiger partial charge in [-0.3, -0.25) is 9.59 Å². The molecule has 0 saturated carbocycles. The summed E-state index contributed by atoms with van der Waals surface area (Å²) in [5.74, 6) is 0.200. The van der Waals surface area contributed by atoms with Gasteiger partial charge in [-0.05, 0) is 12.1 Å². The SMILES string of the molecule is COc1cc(NC(=O)COC(=O)CCc2nc3ccccc3s2)cc(OC)c1. The zero-order valence-corrected chi connectivity index (χ0v) is 16.4. The van der Waals surface area contributed by atoms with Crippen LogP contribution in [0.5, 0.6) is 11.5 Å². The Morgan fingerprint density at radius 3 is 2.46 bits per heavy atom. The van der Waals surface area contributed by atoms with E-state index in [2.05, 4.69) is 10.3 Å². The number of anilines is 1. The van der Waals surface area contributed by atoms with E-state index >= 15 is 0 Å². The molecule has 1 N–H and O–H groups in total. The lowest BCUT2D eigenvalue weighted by atomic mass is 10.2. The minimum absolute atomic E-state index is 0.167. The second-order valence-corrected chi connectivity index (χ2v) is 7.00. The van der Waals surface area contributed by atoms with Gasteiger partial charge in [0.05, 0.1) is 35.9 Å². The fraction of sp³-hybridized carbons (Fsp3) is 0.250. The molecule has 28 heavy (non-hydrogen) atoms. The number of ether oxygens (including phenoxy) is 3. The number of methoxy groups -OCH3 is 2. The van der Waals surface area contributed by atoms with Crippen LogP contribution in [0.25, 0.3) is 10.2 Å². The van der Waals surface area contributed by atoms with E-state index in [4.69, 9.17) is 14.2 Å². The molecule has 0 saturated heterocycles. The number of para-hydroxylation sites is 1. The number of esters is 1. The van der Waals surface area contributed by atoms with Gasteiger partial charge in [0.1, 0.15) is 11.5 Å². The molecule has 146 valence electrons. The van der Waals surface area contributed by atoms with Crippen LogP contribution >= 0.6 is 11.3 Å². The van der Waals surface area contributed by atoms with Crippen LogP contribution in [0.4, 0.5) is 5.69 Å². The van der Waals surface area contributed by atoms with Gasteiger partial charge in [-0.2, -0.15) is 0 Å². The number of rotatable bonds is 8. The van der Waals surface area contributed by atoms with Crippen molar-refractivity contribution in [3.05, 3.63) is 47.5 Å². The maximum Gasteiger partial charge on any atom is 0.306 e. The Hall–Kier alpha value is -3.13. The third-order valence-corrected chi connectivity index (χ3v) is 4.98. The summed E-state index contributed by atoms with van der Waals surface area (Å²) in [5.41, 5.74) is 1.41. The summed E-state index contributed by atoms with van der Waals surface area (Å²) in [6.07, 6.45) is 0.646. The summed E-state index contributed by atoms with van der Waals surface area (Å²) >= 11 is 1.55. The average Bonchev–Trinajstić information content (AvgIpc) is 3.13. The van der Waals surface area contributed by atoms with Gasteiger partial charge in [-0.15, -0.1) is 11.3 Å². The number of nitrogens with one attached hydrogen (secondary N) is 1. The number of carbonyl (C=O) groups excluding carboxylic acids is 2. The first kappa shape index (κ1) is 19.6. The largest absolute Gasteiger partial charge is 0.497 e. The van der Waals surface area contributed by atoms with Crippen molar-refractivity contribution in [1.29, 1.82) is 0 Å². The number of aromatic nitrogens is 1. The van der Waals surface area contributed by atoms with Crippen LogP contribution < -0.4 is 14.8 Å². The zero-order valence-electron chi connectivity index (χ0n) is 15.6. The number of hydrogen-bond donors (Lipinski definition) is 1. The van der Waals surface area contributed by atoms with E-state index in [0.717, 1.165) is 15.2 Å². The number of fused-ring (bicyclic) bond motifs is 1. The zero-order chi connectivity index (χ0) is 19.9. The Morgan fingerprint density at radius 1 is 1.07 bits per heavy atom. The lowest BCUT2D eigenvalue weighted by Crippen LogP contribution is -2.21. The smallest absolute Gasteiger partial charge is 0.306 e. The topological polar surface area (TPSA) is 86.8 Å². The van der Waals surface area contributed by atoms with Gasteiger partial charge in [-0.1, -0.05) is 12.1 Å². The summed E-state index contributed by atoms with van der Waals surface area (Å²) in [5, 5.41) is 3.52. The van der Waals surface area contributed by atoms with Crippen molar-refractivity contribution in [3.63, 3.8) is 0 Å². The van der Waals surface area contributed by atoms with Crippen LogP contribution in [-0.4, -0.2) is 37.7 Å². The molecule has 3 rings (SSSR count). The summed E-state index contributed by atoms with van der Waals surface area (Å²) in [7, 11) is 3.04. The molecule has 7 nitrogen and oxygen atoms in total. The summed E-state index contributed by atoms with van der Waals surface area (Å²) in [6, 6.07) is 12.8. The van der Waals surface area contributed by atoms with Crippen LogP contribution in [-0.2, 0) is 20.7 Å². The third-order valence-electron chi connectivity index (χ3n) is 3.88.